The zero-order valence-electron chi connectivity index (χ0n) is 18.5. The number of aryl methyl sites for hydroxylation is 1. The second kappa shape index (κ2) is 8.32. The number of fused-ring (bicyclic) bond motifs is 3. The minimum Gasteiger partial charge on any atom is -0.480 e. The Kier molecular flexibility index (Phi) is 5.31. The Morgan fingerprint density at radius 2 is 2.12 bits per heavy atom. The molecule has 1 saturated heterocycles. The second-order valence-corrected chi connectivity index (χ2v) is 8.69. The molecule has 0 bridgehead atoms. The normalized spacial score (nSPS) is 17.6. The largest absolute Gasteiger partial charge is 0.480 e. The van der Waals surface area contributed by atoms with E-state index in [4.69, 9.17) is 4.74 Å². The molecule has 2 aliphatic heterocycles. The molecule has 11 heteroatoms. The Morgan fingerprint density at radius 3 is 2.88 bits per heavy atom. The lowest BCUT2D eigenvalue weighted by molar-refractivity contribution is -0.139. The van der Waals surface area contributed by atoms with Crippen LogP contribution in [0.4, 0.5) is 15.4 Å². The van der Waals surface area contributed by atoms with E-state index in [1.165, 1.54) is 0 Å². The Balaban J connectivity index is 1.27. The van der Waals surface area contributed by atoms with Crippen LogP contribution in [-0.4, -0.2) is 62.4 Å². The number of hydrogen-bond acceptors (Lipinski definition) is 6. The summed E-state index contributed by atoms with van der Waals surface area (Å²) >= 11 is 0. The number of benzene rings is 1. The summed E-state index contributed by atoms with van der Waals surface area (Å²) in [5.41, 5.74) is 2.57. The maximum Gasteiger partial charge on any atom is 0.413 e. The van der Waals surface area contributed by atoms with E-state index in [1.807, 2.05) is 25.1 Å². The van der Waals surface area contributed by atoms with Crippen molar-refractivity contribution in [3.63, 3.8) is 0 Å². The predicted molar refractivity (Wildman–Crippen MR) is 121 cm³/mol. The van der Waals surface area contributed by atoms with Crippen LogP contribution >= 0.6 is 0 Å². The van der Waals surface area contributed by atoms with E-state index >= 15 is 0 Å². The van der Waals surface area contributed by atoms with Crippen LogP contribution in [0.25, 0.3) is 10.9 Å². The Hall–Kier alpha value is -4.15. The number of piperidine rings is 1. The predicted octanol–water partition coefficient (Wildman–Crippen LogP) is 2.53. The van der Waals surface area contributed by atoms with E-state index < -0.39 is 29.7 Å². The number of pyridine rings is 1. The highest BCUT2D eigenvalue weighted by Crippen LogP contribution is 2.42. The van der Waals surface area contributed by atoms with E-state index in [1.54, 1.807) is 23.4 Å². The smallest absolute Gasteiger partial charge is 0.413 e. The first-order valence-electron chi connectivity index (χ1n) is 11.0. The summed E-state index contributed by atoms with van der Waals surface area (Å²) in [5, 5.41) is 22.8. The summed E-state index contributed by atoms with van der Waals surface area (Å²) in [6.45, 7) is 2.53. The molecule has 4 heterocycles. The summed E-state index contributed by atoms with van der Waals surface area (Å²) in [4.78, 5) is 42.7. The van der Waals surface area contributed by atoms with Crippen LogP contribution in [0, 0.1) is 6.92 Å². The molecule has 0 saturated carbocycles. The van der Waals surface area contributed by atoms with E-state index in [-0.39, 0.29) is 6.42 Å². The lowest BCUT2D eigenvalue weighted by atomic mass is 9.83. The van der Waals surface area contributed by atoms with Gasteiger partial charge < -0.3 is 20.1 Å². The number of urea groups is 1. The number of aliphatic carboxylic acids is 1. The number of amides is 3. The number of ether oxygens (including phenoxy) is 1. The van der Waals surface area contributed by atoms with Crippen molar-refractivity contribution < 1.29 is 24.2 Å². The number of aromatic nitrogens is 3. The molecule has 3 aromatic rings. The standard InChI is InChI=1S/C23H24N6O5/c1-13-9-14(10-15-12-25-28-18(13)15)11-17(20(30)31)26-21(32)29-7-4-23(5-8-29)16-3-2-6-24-19(16)27-22(33)34-23/h2-3,6,9-10,12,17H,4-5,7-8,11H2,1H3,(H,25,28)(H,26,32)(H,30,31)(H,24,27,33). The number of aromatic amines is 1. The van der Waals surface area contributed by atoms with Gasteiger partial charge in [0.05, 0.1) is 11.7 Å². The molecule has 3 amide bonds. The number of anilines is 1. The van der Waals surface area contributed by atoms with Crippen molar-refractivity contribution in [3.8, 4) is 0 Å². The average molecular weight is 464 g/mol. The van der Waals surface area contributed by atoms with Gasteiger partial charge in [-0.25, -0.2) is 19.4 Å². The van der Waals surface area contributed by atoms with Crippen LogP contribution in [0.15, 0.2) is 36.7 Å². The van der Waals surface area contributed by atoms with Gasteiger partial charge in [0, 0.05) is 49.5 Å². The Bertz CT molecular complexity index is 1280. The topological polar surface area (TPSA) is 150 Å². The van der Waals surface area contributed by atoms with Gasteiger partial charge in [0.25, 0.3) is 0 Å². The summed E-state index contributed by atoms with van der Waals surface area (Å²) in [7, 11) is 0. The van der Waals surface area contributed by atoms with Gasteiger partial charge in [-0.15, -0.1) is 0 Å². The summed E-state index contributed by atoms with van der Waals surface area (Å²) in [6, 6.07) is 5.85. The number of rotatable bonds is 4. The highest BCUT2D eigenvalue weighted by molar-refractivity contribution is 5.87. The highest BCUT2D eigenvalue weighted by atomic mass is 16.6. The van der Waals surface area contributed by atoms with Gasteiger partial charge in [-0.1, -0.05) is 6.07 Å². The van der Waals surface area contributed by atoms with Crippen molar-refractivity contribution in [2.45, 2.75) is 37.8 Å². The molecule has 0 aliphatic carbocycles. The molecule has 11 nitrogen and oxygen atoms in total. The highest BCUT2D eigenvalue weighted by Gasteiger charge is 2.45. The molecule has 1 aromatic carbocycles. The van der Waals surface area contributed by atoms with E-state index in [0.717, 1.165) is 27.6 Å². The number of likely N-dealkylation sites (tertiary alicyclic amines) is 1. The van der Waals surface area contributed by atoms with Crippen LogP contribution in [0.1, 0.15) is 29.5 Å². The molecule has 4 N–H and O–H groups in total. The van der Waals surface area contributed by atoms with Crippen molar-refractivity contribution in [2.24, 2.45) is 0 Å². The zero-order valence-corrected chi connectivity index (χ0v) is 18.5. The van der Waals surface area contributed by atoms with Crippen LogP contribution in [0.5, 0.6) is 0 Å². The number of hydrogen-bond donors (Lipinski definition) is 4. The minimum atomic E-state index is -1.11. The third kappa shape index (κ3) is 3.89. The molecule has 5 rings (SSSR count). The van der Waals surface area contributed by atoms with Crippen molar-refractivity contribution in [1.29, 1.82) is 0 Å². The summed E-state index contributed by atoms with van der Waals surface area (Å²) in [6.07, 6.45) is 3.63. The molecule has 1 fully saturated rings. The number of nitrogens with one attached hydrogen (secondary N) is 3. The molecule has 1 spiro atoms. The maximum atomic E-state index is 12.9. The van der Waals surface area contributed by atoms with Crippen LogP contribution < -0.4 is 10.6 Å². The fourth-order valence-electron chi connectivity index (χ4n) is 4.78. The first-order valence-corrected chi connectivity index (χ1v) is 11.0. The maximum absolute atomic E-state index is 12.9. The van der Waals surface area contributed by atoms with Gasteiger partial charge in [0.15, 0.2) is 0 Å². The van der Waals surface area contributed by atoms with E-state index in [9.17, 15) is 19.5 Å². The van der Waals surface area contributed by atoms with Gasteiger partial charge >= 0.3 is 18.1 Å². The molecule has 2 aliphatic rings. The Labute approximate surface area is 194 Å². The number of carboxylic acid groups (broad SMARTS) is 1. The number of H-pyrrole nitrogens is 1. The van der Waals surface area contributed by atoms with E-state index in [0.29, 0.717) is 31.7 Å². The van der Waals surface area contributed by atoms with Gasteiger partial charge in [0.1, 0.15) is 17.5 Å². The number of nitrogens with zero attached hydrogens (tertiary/aromatic N) is 3. The number of carboxylic acids is 1. The molecule has 176 valence electrons. The Morgan fingerprint density at radius 1 is 1.32 bits per heavy atom. The molecule has 2 aromatic heterocycles. The summed E-state index contributed by atoms with van der Waals surface area (Å²) in [5.74, 6) is -0.647. The fourth-order valence-corrected chi connectivity index (χ4v) is 4.78. The van der Waals surface area contributed by atoms with Gasteiger partial charge in [-0.3, -0.25) is 10.4 Å². The number of carbonyl (C=O) groups excluding carboxylic acids is 2. The van der Waals surface area contributed by atoms with E-state index in [2.05, 4.69) is 25.8 Å². The molecule has 34 heavy (non-hydrogen) atoms. The first-order chi connectivity index (χ1) is 16.3. The number of carbonyl (C=O) groups is 3. The van der Waals surface area contributed by atoms with Crippen LogP contribution in [0.3, 0.4) is 0 Å². The monoisotopic (exact) mass is 464 g/mol. The zero-order chi connectivity index (χ0) is 23.9. The minimum absolute atomic E-state index is 0.142. The molecular formula is C23H24N6O5. The molecule has 0 radical (unpaired) electrons. The van der Waals surface area contributed by atoms with Gasteiger partial charge in [-0.05, 0) is 36.2 Å². The SMILES string of the molecule is Cc1cc(CC(NC(=O)N2CCC3(CC2)OC(=O)Nc2ncccc23)C(=O)O)cc2cn[nH]c12. The lowest BCUT2D eigenvalue weighted by Crippen LogP contribution is -2.54. The third-order valence-corrected chi connectivity index (χ3v) is 6.51. The average Bonchev–Trinajstić information content (AvgIpc) is 3.28. The fraction of sp³-hybridized carbons (Fsp3) is 0.348. The quantitative estimate of drug-likeness (QED) is 0.463. The van der Waals surface area contributed by atoms with Gasteiger partial charge in [-0.2, -0.15) is 5.10 Å². The molecule has 1 unspecified atom stereocenters. The van der Waals surface area contributed by atoms with Crippen LogP contribution in [0.2, 0.25) is 0 Å². The lowest BCUT2D eigenvalue weighted by Gasteiger charge is -2.43. The van der Waals surface area contributed by atoms with Crippen molar-refractivity contribution >= 4 is 34.8 Å². The second-order valence-electron chi connectivity index (χ2n) is 8.69. The van der Waals surface area contributed by atoms with Crippen LogP contribution in [-0.2, 0) is 21.6 Å². The first kappa shape index (κ1) is 21.7. The van der Waals surface area contributed by atoms with Crippen molar-refractivity contribution in [3.05, 3.63) is 53.3 Å². The summed E-state index contributed by atoms with van der Waals surface area (Å²) < 4.78 is 5.66. The van der Waals surface area contributed by atoms with Crippen molar-refractivity contribution in [2.75, 3.05) is 18.4 Å². The molecule has 1 atom stereocenters. The molecular weight excluding hydrogens is 440 g/mol. The van der Waals surface area contributed by atoms with Crippen molar-refractivity contribution in [1.82, 2.24) is 25.4 Å². The third-order valence-electron chi connectivity index (χ3n) is 6.51. The van der Waals surface area contributed by atoms with Gasteiger partial charge in [0.2, 0.25) is 0 Å².